The smallest absolute Gasteiger partial charge is 0.414 e. The average molecular weight is 351 g/mol. The Balaban J connectivity index is 2.50. The molecule has 9 heteroatoms. The summed E-state index contributed by atoms with van der Waals surface area (Å²) in [5, 5.41) is 9.41. The number of alkyl halides is 3. The molecule has 3 rings (SSSR count). The van der Waals surface area contributed by atoms with E-state index in [9.17, 15) is 23.2 Å². The number of hydrogen-bond donors (Lipinski definition) is 2. The molecule has 1 aromatic heterocycles. The van der Waals surface area contributed by atoms with Gasteiger partial charge in [0, 0.05) is 10.9 Å². The van der Waals surface area contributed by atoms with Crippen molar-refractivity contribution in [1.82, 2.24) is 4.98 Å². The number of nitrogens with two attached hydrogens (primary N) is 1. The Hall–Kier alpha value is -3.15. The molecule has 130 valence electrons. The van der Waals surface area contributed by atoms with Crippen LogP contribution in [0.1, 0.15) is 12.5 Å². The van der Waals surface area contributed by atoms with Crippen molar-refractivity contribution in [2.75, 3.05) is 6.61 Å². The molecule has 1 aromatic carbocycles. The predicted molar refractivity (Wildman–Crippen MR) is 80.1 cm³/mol. The van der Waals surface area contributed by atoms with Gasteiger partial charge in [-0.05, 0) is 13.0 Å². The van der Waals surface area contributed by atoms with Gasteiger partial charge in [0.05, 0.1) is 12.2 Å². The lowest BCUT2D eigenvalue weighted by Crippen LogP contribution is -2.54. The average Bonchev–Trinajstić information content (AvgIpc) is 2.90. The first kappa shape index (κ1) is 16.7. The number of nitrogens with zero attached hydrogens (tertiary/aromatic N) is 1. The molecule has 0 aliphatic carbocycles. The number of hydrogen-bond acceptors (Lipinski definition) is 5. The van der Waals surface area contributed by atoms with Crippen LogP contribution in [0.2, 0.25) is 0 Å². The molecule has 0 radical (unpaired) electrons. The molecule has 1 atom stereocenters. The molecule has 25 heavy (non-hydrogen) atoms. The number of esters is 1. The standard InChI is InChI=1S/C16H12F3N3O3/c1-2-24-14(23)15(16(17,18)19)9(7-20)12(21)25-13-11(15)8-5-3-4-6-10(8)22-13/h3-6,22H,2,21H2,1H3/t15-/m1/s1. The van der Waals surface area contributed by atoms with Crippen molar-refractivity contribution in [1.29, 1.82) is 5.26 Å². The molecule has 3 N–H and O–H groups in total. The minimum absolute atomic E-state index is 0.0862. The maximum absolute atomic E-state index is 14.3. The maximum atomic E-state index is 14.3. The fraction of sp³-hybridized carbons (Fsp3) is 0.250. The lowest BCUT2D eigenvalue weighted by atomic mass is 9.72. The Kier molecular flexibility index (Phi) is 3.64. The highest BCUT2D eigenvalue weighted by atomic mass is 19.4. The number of H-pyrrole nitrogens is 1. The van der Waals surface area contributed by atoms with Gasteiger partial charge >= 0.3 is 12.1 Å². The number of rotatable bonds is 2. The number of nitrogens with one attached hydrogen (secondary N) is 1. The van der Waals surface area contributed by atoms with Gasteiger partial charge in [0.1, 0.15) is 11.6 Å². The van der Waals surface area contributed by atoms with Crippen LogP contribution in [0.3, 0.4) is 0 Å². The number of aromatic amines is 1. The van der Waals surface area contributed by atoms with Crippen LogP contribution < -0.4 is 10.5 Å². The topological polar surface area (TPSA) is 101 Å². The fourth-order valence-corrected chi connectivity index (χ4v) is 3.02. The summed E-state index contributed by atoms with van der Waals surface area (Å²) in [6.07, 6.45) is -5.18. The van der Waals surface area contributed by atoms with Gasteiger partial charge in [-0.1, -0.05) is 18.2 Å². The first-order valence-electron chi connectivity index (χ1n) is 7.22. The van der Waals surface area contributed by atoms with Gasteiger partial charge in [-0.3, -0.25) is 4.79 Å². The predicted octanol–water partition coefficient (Wildman–Crippen LogP) is 2.62. The molecule has 0 bridgehead atoms. The third kappa shape index (κ3) is 2.07. The third-order valence-electron chi connectivity index (χ3n) is 4.00. The van der Waals surface area contributed by atoms with Crippen molar-refractivity contribution in [3.8, 4) is 11.9 Å². The number of carbonyl (C=O) groups is 1. The number of aromatic nitrogens is 1. The number of benzene rings is 1. The minimum Gasteiger partial charge on any atom is -0.465 e. The number of fused-ring (bicyclic) bond motifs is 3. The molecule has 6 nitrogen and oxygen atoms in total. The van der Waals surface area contributed by atoms with Crippen LogP contribution in [0.4, 0.5) is 13.2 Å². The van der Waals surface area contributed by atoms with E-state index in [1.807, 2.05) is 0 Å². The van der Waals surface area contributed by atoms with E-state index >= 15 is 0 Å². The second kappa shape index (κ2) is 5.44. The van der Waals surface area contributed by atoms with Gasteiger partial charge < -0.3 is 20.2 Å². The summed E-state index contributed by atoms with van der Waals surface area (Å²) in [4.78, 5) is 15.2. The Bertz CT molecular complexity index is 939. The van der Waals surface area contributed by atoms with E-state index in [2.05, 4.69) is 4.98 Å². The highest BCUT2D eigenvalue weighted by Crippen LogP contribution is 2.55. The summed E-state index contributed by atoms with van der Waals surface area (Å²) in [6, 6.07) is 7.41. The third-order valence-corrected chi connectivity index (χ3v) is 4.00. The summed E-state index contributed by atoms with van der Waals surface area (Å²) in [6.45, 7) is 1.07. The van der Waals surface area contributed by atoms with Gasteiger partial charge in [0.2, 0.25) is 17.2 Å². The molecule has 0 amide bonds. The second-order valence-corrected chi connectivity index (χ2v) is 5.30. The first-order chi connectivity index (χ1) is 11.8. The van der Waals surface area contributed by atoms with E-state index in [4.69, 9.17) is 15.2 Å². The molecule has 0 saturated heterocycles. The highest BCUT2D eigenvalue weighted by Gasteiger charge is 2.70. The molecule has 2 heterocycles. The zero-order chi connectivity index (χ0) is 18.4. The van der Waals surface area contributed by atoms with Crippen LogP contribution in [0, 0.1) is 11.3 Å². The van der Waals surface area contributed by atoms with Gasteiger partial charge in [-0.2, -0.15) is 18.4 Å². The van der Waals surface area contributed by atoms with Gasteiger partial charge in [-0.15, -0.1) is 0 Å². The van der Waals surface area contributed by atoms with Crippen LogP contribution in [0.5, 0.6) is 5.88 Å². The summed E-state index contributed by atoms with van der Waals surface area (Å²) >= 11 is 0. The SMILES string of the molecule is CCOC(=O)[C@@]1(C(F)(F)F)C(C#N)=C(N)Oc2[nH]c3ccccc3c21. The molecule has 2 aromatic rings. The van der Waals surface area contributed by atoms with Crippen LogP contribution >= 0.6 is 0 Å². The van der Waals surface area contributed by atoms with Crippen molar-refractivity contribution < 1.29 is 27.4 Å². The number of halogens is 3. The summed E-state index contributed by atoms with van der Waals surface area (Å²) in [5.41, 5.74) is 0.903. The van der Waals surface area contributed by atoms with E-state index < -0.39 is 34.6 Å². The van der Waals surface area contributed by atoms with E-state index in [1.165, 1.54) is 31.2 Å². The normalized spacial score (nSPS) is 20.0. The number of ether oxygens (including phenoxy) is 2. The second-order valence-electron chi connectivity index (χ2n) is 5.30. The lowest BCUT2D eigenvalue weighted by Gasteiger charge is -2.36. The van der Waals surface area contributed by atoms with Gasteiger partial charge in [-0.25, -0.2) is 0 Å². The Labute approximate surface area is 139 Å². The van der Waals surface area contributed by atoms with E-state index in [0.29, 0.717) is 5.52 Å². The number of nitriles is 1. The fourth-order valence-electron chi connectivity index (χ4n) is 3.02. The molecular weight excluding hydrogens is 339 g/mol. The molecule has 0 unspecified atom stereocenters. The minimum atomic E-state index is -5.18. The molecular formula is C16H12F3N3O3. The van der Waals surface area contributed by atoms with Gasteiger partial charge in [0.15, 0.2) is 0 Å². The largest absolute Gasteiger partial charge is 0.465 e. The lowest BCUT2D eigenvalue weighted by molar-refractivity contribution is -0.201. The van der Waals surface area contributed by atoms with Crippen molar-refractivity contribution >= 4 is 16.9 Å². The van der Waals surface area contributed by atoms with Crippen molar-refractivity contribution in [2.24, 2.45) is 5.73 Å². The Morgan fingerprint density at radius 1 is 1.44 bits per heavy atom. The first-order valence-corrected chi connectivity index (χ1v) is 7.22. The number of carbonyl (C=O) groups excluding carboxylic acids is 1. The quantitative estimate of drug-likeness (QED) is 0.810. The Morgan fingerprint density at radius 3 is 2.72 bits per heavy atom. The van der Waals surface area contributed by atoms with Gasteiger partial charge in [0.25, 0.3) is 0 Å². The van der Waals surface area contributed by atoms with E-state index in [0.717, 1.165) is 0 Å². The van der Waals surface area contributed by atoms with Crippen LogP contribution in [-0.2, 0) is 14.9 Å². The molecule has 0 spiro atoms. The van der Waals surface area contributed by atoms with Crippen LogP contribution in [-0.4, -0.2) is 23.7 Å². The van der Waals surface area contributed by atoms with Crippen molar-refractivity contribution in [3.05, 3.63) is 41.3 Å². The van der Waals surface area contributed by atoms with Crippen molar-refractivity contribution in [2.45, 2.75) is 18.5 Å². The monoisotopic (exact) mass is 351 g/mol. The summed E-state index contributed by atoms with van der Waals surface area (Å²) < 4.78 is 52.6. The maximum Gasteiger partial charge on any atom is 0.414 e. The zero-order valence-corrected chi connectivity index (χ0v) is 12.9. The van der Waals surface area contributed by atoms with E-state index in [-0.39, 0.29) is 17.9 Å². The van der Waals surface area contributed by atoms with Crippen LogP contribution in [0.15, 0.2) is 35.7 Å². The Morgan fingerprint density at radius 2 is 2.12 bits per heavy atom. The molecule has 1 aliphatic rings. The summed E-state index contributed by atoms with van der Waals surface area (Å²) in [7, 11) is 0. The van der Waals surface area contributed by atoms with Crippen molar-refractivity contribution in [3.63, 3.8) is 0 Å². The molecule has 0 fully saturated rings. The molecule has 1 aliphatic heterocycles. The molecule has 0 saturated carbocycles. The van der Waals surface area contributed by atoms with Crippen LogP contribution in [0.25, 0.3) is 10.9 Å². The zero-order valence-electron chi connectivity index (χ0n) is 12.9. The summed E-state index contributed by atoms with van der Waals surface area (Å²) in [5.74, 6) is -2.77. The highest BCUT2D eigenvalue weighted by molar-refractivity contribution is 5.99. The number of para-hydroxylation sites is 1. The van der Waals surface area contributed by atoms with E-state index in [1.54, 1.807) is 6.07 Å².